The Morgan fingerprint density at radius 2 is 2.22 bits per heavy atom. The van der Waals surface area contributed by atoms with Gasteiger partial charge in [0.25, 0.3) is 0 Å². The van der Waals surface area contributed by atoms with E-state index in [9.17, 15) is 0 Å². The van der Waals surface area contributed by atoms with Gasteiger partial charge in [0.15, 0.2) is 0 Å². The molecular formula is C14H20ClNO2. The standard InChI is InChI=1S/C14H20ClNO2/c1-2-16-13(14-10-17-7-8-18-14)9-11-5-3-4-6-12(11)15/h3-6,13-14,16H,2,7-10H2,1H3. The second-order valence-corrected chi connectivity index (χ2v) is 4.85. The van der Waals surface area contributed by atoms with Crippen molar-refractivity contribution in [3.8, 4) is 0 Å². The molecule has 1 aliphatic rings. The summed E-state index contributed by atoms with van der Waals surface area (Å²) in [4.78, 5) is 0. The minimum absolute atomic E-state index is 0.106. The van der Waals surface area contributed by atoms with Crippen LogP contribution in [-0.2, 0) is 15.9 Å². The zero-order chi connectivity index (χ0) is 12.8. The molecule has 0 saturated carbocycles. The first-order chi connectivity index (χ1) is 8.81. The summed E-state index contributed by atoms with van der Waals surface area (Å²) in [6.07, 6.45) is 0.969. The minimum Gasteiger partial charge on any atom is -0.376 e. The fourth-order valence-electron chi connectivity index (χ4n) is 2.24. The lowest BCUT2D eigenvalue weighted by molar-refractivity contribution is -0.101. The molecule has 1 aliphatic heterocycles. The molecule has 100 valence electrons. The van der Waals surface area contributed by atoms with Crippen LogP contribution >= 0.6 is 11.6 Å². The van der Waals surface area contributed by atoms with Gasteiger partial charge >= 0.3 is 0 Å². The number of ether oxygens (including phenoxy) is 2. The van der Waals surface area contributed by atoms with Crippen molar-refractivity contribution < 1.29 is 9.47 Å². The highest BCUT2D eigenvalue weighted by Gasteiger charge is 2.25. The first-order valence-electron chi connectivity index (χ1n) is 6.47. The van der Waals surface area contributed by atoms with E-state index in [1.165, 1.54) is 0 Å². The van der Waals surface area contributed by atoms with Crippen LogP contribution in [0.25, 0.3) is 0 Å². The number of benzene rings is 1. The van der Waals surface area contributed by atoms with Crippen LogP contribution in [0.2, 0.25) is 5.02 Å². The maximum atomic E-state index is 6.21. The molecule has 2 unspecified atom stereocenters. The summed E-state index contributed by atoms with van der Waals surface area (Å²) < 4.78 is 11.3. The van der Waals surface area contributed by atoms with Gasteiger partial charge in [-0.3, -0.25) is 0 Å². The summed E-state index contributed by atoms with van der Waals surface area (Å²) in [5, 5.41) is 4.28. The average Bonchev–Trinajstić information content (AvgIpc) is 2.42. The van der Waals surface area contributed by atoms with Gasteiger partial charge in [-0.15, -0.1) is 0 Å². The molecule has 4 heteroatoms. The Hall–Kier alpha value is -0.610. The van der Waals surface area contributed by atoms with Gasteiger partial charge in [-0.1, -0.05) is 36.7 Å². The van der Waals surface area contributed by atoms with Crippen LogP contribution in [-0.4, -0.2) is 38.5 Å². The second kappa shape index (κ2) is 7.10. The Morgan fingerprint density at radius 3 is 2.89 bits per heavy atom. The molecule has 0 aliphatic carbocycles. The lowest BCUT2D eigenvalue weighted by Crippen LogP contribution is -2.47. The van der Waals surface area contributed by atoms with E-state index < -0.39 is 0 Å². The van der Waals surface area contributed by atoms with Crippen molar-refractivity contribution in [3.63, 3.8) is 0 Å². The van der Waals surface area contributed by atoms with E-state index in [-0.39, 0.29) is 12.1 Å². The van der Waals surface area contributed by atoms with E-state index in [1.807, 2.05) is 18.2 Å². The average molecular weight is 270 g/mol. The SMILES string of the molecule is CCNC(Cc1ccccc1Cl)C1COCCO1. The molecule has 2 atom stereocenters. The quantitative estimate of drug-likeness (QED) is 0.890. The van der Waals surface area contributed by atoms with Gasteiger partial charge in [-0.05, 0) is 24.6 Å². The Balaban J connectivity index is 2.03. The number of nitrogens with one attached hydrogen (secondary N) is 1. The molecule has 3 nitrogen and oxygen atoms in total. The zero-order valence-electron chi connectivity index (χ0n) is 10.7. The van der Waals surface area contributed by atoms with Crippen LogP contribution in [0.4, 0.5) is 0 Å². The van der Waals surface area contributed by atoms with Crippen LogP contribution in [0.3, 0.4) is 0 Å². The lowest BCUT2D eigenvalue weighted by atomic mass is 10.0. The topological polar surface area (TPSA) is 30.5 Å². The molecule has 0 aromatic heterocycles. The first kappa shape index (κ1) is 13.8. The van der Waals surface area contributed by atoms with E-state index in [0.29, 0.717) is 19.8 Å². The van der Waals surface area contributed by atoms with E-state index >= 15 is 0 Å². The van der Waals surface area contributed by atoms with Gasteiger partial charge in [-0.2, -0.15) is 0 Å². The highest BCUT2D eigenvalue weighted by Crippen LogP contribution is 2.19. The number of halogens is 1. The van der Waals surface area contributed by atoms with Gasteiger partial charge in [0.05, 0.1) is 25.9 Å². The van der Waals surface area contributed by atoms with Crippen molar-refractivity contribution in [1.82, 2.24) is 5.32 Å². The molecule has 1 aromatic carbocycles. The molecule has 1 aromatic rings. The van der Waals surface area contributed by atoms with E-state index in [0.717, 1.165) is 23.6 Å². The summed E-state index contributed by atoms with van der Waals surface area (Å²) in [5.41, 5.74) is 1.15. The van der Waals surface area contributed by atoms with Gasteiger partial charge in [0, 0.05) is 11.1 Å². The molecule has 0 bridgehead atoms. The van der Waals surface area contributed by atoms with E-state index in [4.69, 9.17) is 21.1 Å². The van der Waals surface area contributed by atoms with Crippen molar-refractivity contribution in [2.45, 2.75) is 25.5 Å². The van der Waals surface area contributed by atoms with Gasteiger partial charge < -0.3 is 14.8 Å². The second-order valence-electron chi connectivity index (χ2n) is 4.44. The van der Waals surface area contributed by atoms with Crippen LogP contribution < -0.4 is 5.32 Å². The predicted molar refractivity (Wildman–Crippen MR) is 73.2 cm³/mol. The highest BCUT2D eigenvalue weighted by atomic mass is 35.5. The molecule has 18 heavy (non-hydrogen) atoms. The van der Waals surface area contributed by atoms with Crippen molar-refractivity contribution in [2.24, 2.45) is 0 Å². The first-order valence-corrected chi connectivity index (χ1v) is 6.85. The molecule has 0 radical (unpaired) electrons. The monoisotopic (exact) mass is 269 g/mol. The third kappa shape index (κ3) is 3.69. The van der Waals surface area contributed by atoms with Crippen LogP contribution in [0.5, 0.6) is 0 Å². The number of rotatable bonds is 5. The summed E-state index contributed by atoms with van der Waals surface area (Å²) in [5.74, 6) is 0. The fraction of sp³-hybridized carbons (Fsp3) is 0.571. The number of hydrogen-bond acceptors (Lipinski definition) is 3. The summed E-state index contributed by atoms with van der Waals surface area (Å²) in [7, 11) is 0. The molecule has 1 saturated heterocycles. The highest BCUT2D eigenvalue weighted by molar-refractivity contribution is 6.31. The summed E-state index contributed by atoms with van der Waals surface area (Å²) in [6.45, 7) is 5.04. The smallest absolute Gasteiger partial charge is 0.0965 e. The summed E-state index contributed by atoms with van der Waals surface area (Å²) in [6, 6.07) is 8.21. The normalized spacial score (nSPS) is 21.8. The number of hydrogen-bond donors (Lipinski definition) is 1. The molecule has 2 rings (SSSR count). The summed E-state index contributed by atoms with van der Waals surface area (Å²) >= 11 is 6.21. The number of likely N-dealkylation sites (N-methyl/N-ethyl adjacent to an activating group) is 1. The van der Waals surface area contributed by atoms with E-state index in [1.54, 1.807) is 0 Å². The molecule has 1 N–H and O–H groups in total. The molecule has 0 spiro atoms. The van der Waals surface area contributed by atoms with Crippen LogP contribution in [0.15, 0.2) is 24.3 Å². The van der Waals surface area contributed by atoms with E-state index in [2.05, 4.69) is 18.3 Å². The largest absolute Gasteiger partial charge is 0.376 e. The van der Waals surface area contributed by atoms with Gasteiger partial charge in [0.1, 0.15) is 0 Å². The van der Waals surface area contributed by atoms with Crippen molar-refractivity contribution >= 4 is 11.6 Å². The van der Waals surface area contributed by atoms with Crippen molar-refractivity contribution in [2.75, 3.05) is 26.4 Å². The van der Waals surface area contributed by atoms with Crippen LogP contribution in [0, 0.1) is 0 Å². The van der Waals surface area contributed by atoms with Crippen LogP contribution in [0.1, 0.15) is 12.5 Å². The van der Waals surface area contributed by atoms with Gasteiger partial charge in [0.2, 0.25) is 0 Å². The maximum Gasteiger partial charge on any atom is 0.0965 e. The fourth-order valence-corrected chi connectivity index (χ4v) is 2.45. The Bertz CT molecular complexity index is 367. The molecular weight excluding hydrogens is 250 g/mol. The van der Waals surface area contributed by atoms with Crippen molar-refractivity contribution in [3.05, 3.63) is 34.9 Å². The predicted octanol–water partition coefficient (Wildman–Crippen LogP) is 2.28. The minimum atomic E-state index is 0.106. The Labute approximate surface area is 113 Å². The van der Waals surface area contributed by atoms with Crippen molar-refractivity contribution in [1.29, 1.82) is 0 Å². The Morgan fingerprint density at radius 1 is 1.39 bits per heavy atom. The lowest BCUT2D eigenvalue weighted by Gasteiger charge is -2.31. The molecule has 0 amide bonds. The Kier molecular flexibility index (Phi) is 5.45. The van der Waals surface area contributed by atoms with Gasteiger partial charge in [-0.25, -0.2) is 0 Å². The molecule has 1 heterocycles. The zero-order valence-corrected chi connectivity index (χ0v) is 11.5. The molecule has 1 fully saturated rings. The third-order valence-corrected chi connectivity index (χ3v) is 3.52. The maximum absolute atomic E-state index is 6.21. The third-order valence-electron chi connectivity index (χ3n) is 3.15.